The summed E-state index contributed by atoms with van der Waals surface area (Å²) in [5.41, 5.74) is 1.66. The second kappa shape index (κ2) is 6.76. The number of hydrogen-bond donors (Lipinski definition) is 0. The molecule has 2 aromatic carbocycles. The quantitative estimate of drug-likeness (QED) is 0.825. The minimum absolute atomic E-state index is 0.00736. The van der Waals surface area contributed by atoms with Crippen LogP contribution in [0, 0.1) is 0 Å². The summed E-state index contributed by atoms with van der Waals surface area (Å²) in [5, 5.41) is 0. The van der Waals surface area contributed by atoms with E-state index >= 15 is 0 Å². The third-order valence-corrected chi connectivity index (χ3v) is 4.07. The first-order chi connectivity index (χ1) is 10.0. The summed E-state index contributed by atoms with van der Waals surface area (Å²) in [6.45, 7) is 2.01. The van der Waals surface area contributed by atoms with E-state index < -0.39 is 0 Å². The summed E-state index contributed by atoms with van der Waals surface area (Å²) in [6, 6.07) is 15.4. The zero-order chi connectivity index (χ0) is 15.4. The van der Waals surface area contributed by atoms with E-state index in [1.807, 2.05) is 50.4 Å². The SMILES string of the molecule is COc1cc(Br)ccc1C(=O)N(C)C(C)c1ccccc1. The average Bonchev–Trinajstić information content (AvgIpc) is 2.53. The normalized spacial score (nSPS) is 11.8. The van der Waals surface area contributed by atoms with Gasteiger partial charge in [0.05, 0.1) is 18.7 Å². The first-order valence-electron chi connectivity index (χ1n) is 6.70. The minimum Gasteiger partial charge on any atom is -0.496 e. The predicted octanol–water partition coefficient (Wildman–Crippen LogP) is 4.29. The van der Waals surface area contributed by atoms with Crippen LogP contribution in [-0.4, -0.2) is 25.0 Å². The summed E-state index contributed by atoms with van der Waals surface area (Å²) in [4.78, 5) is 14.4. The number of halogens is 1. The molecule has 0 radical (unpaired) electrons. The number of benzene rings is 2. The molecule has 0 fully saturated rings. The highest BCUT2D eigenvalue weighted by molar-refractivity contribution is 9.10. The molecule has 1 amide bonds. The lowest BCUT2D eigenvalue weighted by Gasteiger charge is -2.26. The second-order valence-electron chi connectivity index (χ2n) is 4.85. The lowest BCUT2D eigenvalue weighted by Crippen LogP contribution is -2.30. The molecule has 0 bridgehead atoms. The van der Waals surface area contributed by atoms with Gasteiger partial charge in [-0.1, -0.05) is 46.3 Å². The Bertz CT molecular complexity index is 628. The predicted molar refractivity (Wildman–Crippen MR) is 87.6 cm³/mol. The Labute approximate surface area is 133 Å². The minimum atomic E-state index is -0.0595. The Balaban J connectivity index is 2.27. The number of carbonyl (C=O) groups is 1. The van der Waals surface area contributed by atoms with Crippen LogP contribution < -0.4 is 4.74 Å². The second-order valence-corrected chi connectivity index (χ2v) is 5.76. The maximum absolute atomic E-state index is 12.7. The zero-order valence-electron chi connectivity index (χ0n) is 12.3. The molecule has 2 rings (SSSR count). The topological polar surface area (TPSA) is 29.5 Å². The fourth-order valence-electron chi connectivity index (χ4n) is 2.16. The van der Waals surface area contributed by atoms with Crippen LogP contribution in [0.3, 0.4) is 0 Å². The highest BCUT2D eigenvalue weighted by Gasteiger charge is 2.21. The molecule has 0 aromatic heterocycles. The van der Waals surface area contributed by atoms with Crippen LogP contribution in [0.2, 0.25) is 0 Å². The highest BCUT2D eigenvalue weighted by Crippen LogP contribution is 2.27. The Morgan fingerprint density at radius 2 is 1.86 bits per heavy atom. The summed E-state index contributed by atoms with van der Waals surface area (Å²) in [6.07, 6.45) is 0. The van der Waals surface area contributed by atoms with Crippen LogP contribution >= 0.6 is 15.9 Å². The van der Waals surface area contributed by atoms with Crippen LogP contribution in [0.15, 0.2) is 53.0 Å². The van der Waals surface area contributed by atoms with Gasteiger partial charge < -0.3 is 9.64 Å². The van der Waals surface area contributed by atoms with Gasteiger partial charge in [0.1, 0.15) is 5.75 Å². The Hall–Kier alpha value is -1.81. The first kappa shape index (κ1) is 15.6. The number of hydrogen-bond acceptors (Lipinski definition) is 2. The highest BCUT2D eigenvalue weighted by atomic mass is 79.9. The number of methoxy groups -OCH3 is 1. The van der Waals surface area contributed by atoms with Crippen LogP contribution in [0.4, 0.5) is 0 Å². The largest absolute Gasteiger partial charge is 0.496 e. The molecule has 0 aliphatic carbocycles. The number of rotatable bonds is 4. The van der Waals surface area contributed by atoms with Gasteiger partial charge in [0.25, 0.3) is 5.91 Å². The molecule has 0 N–H and O–H groups in total. The Kier molecular flexibility index (Phi) is 5.02. The molecule has 110 valence electrons. The van der Waals surface area contributed by atoms with Gasteiger partial charge in [0.15, 0.2) is 0 Å². The molecule has 3 nitrogen and oxygen atoms in total. The molecule has 1 unspecified atom stereocenters. The van der Waals surface area contributed by atoms with E-state index in [1.54, 1.807) is 24.1 Å². The van der Waals surface area contributed by atoms with E-state index in [0.29, 0.717) is 11.3 Å². The van der Waals surface area contributed by atoms with Crippen molar-refractivity contribution in [3.8, 4) is 5.75 Å². The molecule has 0 heterocycles. The third-order valence-electron chi connectivity index (χ3n) is 3.58. The van der Waals surface area contributed by atoms with Crippen molar-refractivity contribution in [1.29, 1.82) is 0 Å². The van der Waals surface area contributed by atoms with Gasteiger partial charge in [-0.05, 0) is 30.7 Å². The van der Waals surface area contributed by atoms with Gasteiger partial charge in [0.2, 0.25) is 0 Å². The van der Waals surface area contributed by atoms with Crippen molar-refractivity contribution in [2.75, 3.05) is 14.2 Å². The summed E-state index contributed by atoms with van der Waals surface area (Å²) in [5.74, 6) is 0.511. The van der Waals surface area contributed by atoms with Gasteiger partial charge in [-0.15, -0.1) is 0 Å². The maximum Gasteiger partial charge on any atom is 0.257 e. The van der Waals surface area contributed by atoms with Gasteiger partial charge in [-0.2, -0.15) is 0 Å². The molecule has 2 aromatic rings. The fraction of sp³-hybridized carbons (Fsp3) is 0.235. The van der Waals surface area contributed by atoms with Gasteiger partial charge in [0, 0.05) is 11.5 Å². The summed E-state index contributed by atoms with van der Waals surface area (Å²) >= 11 is 3.38. The first-order valence-corrected chi connectivity index (χ1v) is 7.49. The molecule has 0 saturated heterocycles. The monoisotopic (exact) mass is 347 g/mol. The van der Waals surface area contributed by atoms with Crippen molar-refractivity contribution in [2.45, 2.75) is 13.0 Å². The number of nitrogens with zero attached hydrogens (tertiary/aromatic N) is 1. The van der Waals surface area contributed by atoms with E-state index in [-0.39, 0.29) is 11.9 Å². The van der Waals surface area contributed by atoms with E-state index in [0.717, 1.165) is 10.0 Å². The molecule has 4 heteroatoms. The van der Waals surface area contributed by atoms with Gasteiger partial charge in [-0.3, -0.25) is 4.79 Å². The third kappa shape index (κ3) is 3.45. The zero-order valence-corrected chi connectivity index (χ0v) is 13.9. The van der Waals surface area contributed by atoms with Crippen molar-refractivity contribution < 1.29 is 9.53 Å². The molecule has 0 aliphatic heterocycles. The fourth-order valence-corrected chi connectivity index (χ4v) is 2.50. The molecular formula is C17H18BrNO2. The molecule has 0 aliphatic rings. The molecule has 1 atom stereocenters. The Morgan fingerprint density at radius 1 is 1.19 bits per heavy atom. The average molecular weight is 348 g/mol. The molecular weight excluding hydrogens is 330 g/mol. The van der Waals surface area contributed by atoms with Crippen molar-refractivity contribution >= 4 is 21.8 Å². The number of carbonyl (C=O) groups excluding carboxylic acids is 1. The molecule has 0 saturated carbocycles. The van der Waals surface area contributed by atoms with E-state index in [4.69, 9.17) is 4.74 Å². The van der Waals surface area contributed by atoms with Crippen LogP contribution in [0.1, 0.15) is 28.9 Å². The standard InChI is InChI=1S/C17H18BrNO2/c1-12(13-7-5-4-6-8-13)19(2)17(20)15-10-9-14(18)11-16(15)21-3/h4-12H,1-3H3. The summed E-state index contributed by atoms with van der Waals surface area (Å²) in [7, 11) is 3.38. The van der Waals surface area contributed by atoms with Crippen molar-refractivity contribution in [2.24, 2.45) is 0 Å². The van der Waals surface area contributed by atoms with Gasteiger partial charge >= 0.3 is 0 Å². The van der Waals surface area contributed by atoms with Crippen molar-refractivity contribution in [3.05, 3.63) is 64.1 Å². The lowest BCUT2D eigenvalue weighted by molar-refractivity contribution is 0.0739. The van der Waals surface area contributed by atoms with Crippen LogP contribution in [0.5, 0.6) is 5.75 Å². The van der Waals surface area contributed by atoms with E-state index in [1.165, 1.54) is 0 Å². The Morgan fingerprint density at radius 3 is 2.48 bits per heavy atom. The number of ether oxygens (including phenoxy) is 1. The maximum atomic E-state index is 12.7. The molecule has 21 heavy (non-hydrogen) atoms. The summed E-state index contributed by atoms with van der Waals surface area (Å²) < 4.78 is 6.19. The molecule has 0 spiro atoms. The smallest absolute Gasteiger partial charge is 0.257 e. The van der Waals surface area contributed by atoms with Crippen LogP contribution in [-0.2, 0) is 0 Å². The number of amides is 1. The van der Waals surface area contributed by atoms with Crippen molar-refractivity contribution in [3.63, 3.8) is 0 Å². The van der Waals surface area contributed by atoms with Crippen molar-refractivity contribution in [1.82, 2.24) is 4.90 Å². The van der Waals surface area contributed by atoms with E-state index in [9.17, 15) is 4.79 Å². The van der Waals surface area contributed by atoms with Gasteiger partial charge in [-0.25, -0.2) is 0 Å². The lowest BCUT2D eigenvalue weighted by atomic mass is 10.1. The van der Waals surface area contributed by atoms with E-state index in [2.05, 4.69) is 15.9 Å². The van der Waals surface area contributed by atoms with Crippen LogP contribution in [0.25, 0.3) is 0 Å².